The van der Waals surface area contributed by atoms with Crippen LogP contribution in [0.1, 0.15) is 23.3 Å². The molecular formula is C16H18N2OS2. The monoisotopic (exact) mass is 318 g/mol. The summed E-state index contributed by atoms with van der Waals surface area (Å²) in [6.45, 7) is 6.98. The number of rotatable bonds is 6. The van der Waals surface area contributed by atoms with Gasteiger partial charge in [-0.05, 0) is 36.4 Å². The molecule has 110 valence electrons. The lowest BCUT2D eigenvalue weighted by atomic mass is 10.3. The number of hydrogen-bond acceptors (Lipinski definition) is 5. The van der Waals surface area contributed by atoms with Crippen LogP contribution in [0.4, 0.5) is 0 Å². The average Bonchev–Trinajstić information content (AvgIpc) is 3.20. The van der Waals surface area contributed by atoms with Gasteiger partial charge >= 0.3 is 0 Å². The lowest BCUT2D eigenvalue weighted by Gasteiger charge is -2.18. The lowest BCUT2D eigenvalue weighted by molar-refractivity contribution is 0.269. The van der Waals surface area contributed by atoms with Crippen LogP contribution in [-0.2, 0) is 13.1 Å². The van der Waals surface area contributed by atoms with Crippen LogP contribution >= 0.6 is 22.7 Å². The summed E-state index contributed by atoms with van der Waals surface area (Å²) in [7, 11) is 0. The molecule has 3 aromatic rings. The van der Waals surface area contributed by atoms with Gasteiger partial charge in [-0.1, -0.05) is 19.1 Å². The van der Waals surface area contributed by atoms with Crippen molar-refractivity contribution in [2.45, 2.75) is 26.9 Å². The van der Waals surface area contributed by atoms with Crippen LogP contribution < -0.4 is 0 Å². The van der Waals surface area contributed by atoms with E-state index in [1.54, 1.807) is 22.7 Å². The maximum atomic E-state index is 5.81. The molecule has 3 aromatic heterocycles. The standard InChI is InChI=1S/C16H18N2OS2/c1-3-18(10-13-6-4-8-20-13)11-14-12(2)19-16(17-14)15-7-5-9-21-15/h4-9H,3,10-11H2,1-2H3. The SMILES string of the molecule is CCN(Cc1cccs1)Cc1nc(-c2cccs2)oc1C. The molecule has 5 heteroatoms. The first kappa shape index (κ1) is 14.5. The minimum absolute atomic E-state index is 0.740. The van der Waals surface area contributed by atoms with E-state index in [9.17, 15) is 0 Å². The molecule has 0 fully saturated rings. The molecule has 0 aliphatic carbocycles. The van der Waals surface area contributed by atoms with Gasteiger partial charge in [0.2, 0.25) is 5.89 Å². The van der Waals surface area contributed by atoms with Gasteiger partial charge in [-0.3, -0.25) is 4.90 Å². The molecule has 0 radical (unpaired) electrons. The van der Waals surface area contributed by atoms with Gasteiger partial charge in [-0.25, -0.2) is 4.98 Å². The van der Waals surface area contributed by atoms with Crippen molar-refractivity contribution in [3.05, 3.63) is 51.4 Å². The zero-order chi connectivity index (χ0) is 14.7. The molecule has 3 heterocycles. The molecule has 0 saturated heterocycles. The maximum absolute atomic E-state index is 5.81. The molecule has 0 aliphatic heterocycles. The summed E-state index contributed by atoms with van der Waals surface area (Å²) in [5, 5.41) is 4.17. The molecule has 0 aliphatic rings. The van der Waals surface area contributed by atoms with Crippen molar-refractivity contribution in [1.82, 2.24) is 9.88 Å². The zero-order valence-corrected chi connectivity index (χ0v) is 13.8. The van der Waals surface area contributed by atoms with Gasteiger partial charge in [0.25, 0.3) is 0 Å². The van der Waals surface area contributed by atoms with Crippen molar-refractivity contribution in [3.8, 4) is 10.8 Å². The highest BCUT2D eigenvalue weighted by molar-refractivity contribution is 7.13. The van der Waals surface area contributed by atoms with Crippen molar-refractivity contribution >= 4 is 22.7 Å². The first-order valence-corrected chi connectivity index (χ1v) is 8.77. The van der Waals surface area contributed by atoms with E-state index in [0.29, 0.717) is 0 Å². The summed E-state index contributed by atoms with van der Waals surface area (Å²) < 4.78 is 5.81. The van der Waals surface area contributed by atoms with Crippen molar-refractivity contribution in [2.75, 3.05) is 6.54 Å². The second-order valence-electron chi connectivity index (χ2n) is 4.88. The first-order valence-electron chi connectivity index (χ1n) is 7.01. The number of hydrogen-bond donors (Lipinski definition) is 0. The highest BCUT2D eigenvalue weighted by Gasteiger charge is 2.15. The molecule has 0 aromatic carbocycles. The van der Waals surface area contributed by atoms with Gasteiger partial charge in [0.05, 0.1) is 10.6 Å². The summed E-state index contributed by atoms with van der Waals surface area (Å²) >= 11 is 3.46. The van der Waals surface area contributed by atoms with Gasteiger partial charge in [-0.2, -0.15) is 0 Å². The van der Waals surface area contributed by atoms with Gasteiger partial charge in [0, 0.05) is 18.0 Å². The van der Waals surface area contributed by atoms with Gasteiger partial charge in [0.15, 0.2) is 0 Å². The molecule has 0 unspecified atom stereocenters. The van der Waals surface area contributed by atoms with Crippen LogP contribution in [-0.4, -0.2) is 16.4 Å². The number of aryl methyl sites for hydroxylation is 1. The molecule has 3 rings (SSSR count). The predicted octanol–water partition coefficient (Wildman–Crippen LogP) is 4.80. The Labute approximate surface area is 132 Å². The quantitative estimate of drug-likeness (QED) is 0.654. The van der Waals surface area contributed by atoms with E-state index in [1.807, 2.05) is 24.4 Å². The van der Waals surface area contributed by atoms with Crippen molar-refractivity contribution in [2.24, 2.45) is 0 Å². The maximum Gasteiger partial charge on any atom is 0.236 e. The van der Waals surface area contributed by atoms with E-state index < -0.39 is 0 Å². The molecule has 0 atom stereocenters. The van der Waals surface area contributed by atoms with Crippen LogP contribution in [0.15, 0.2) is 39.4 Å². The minimum Gasteiger partial charge on any atom is -0.440 e. The fourth-order valence-corrected chi connectivity index (χ4v) is 3.59. The fourth-order valence-electron chi connectivity index (χ4n) is 2.19. The molecule has 0 bridgehead atoms. The Balaban J connectivity index is 1.74. The highest BCUT2D eigenvalue weighted by Crippen LogP contribution is 2.26. The van der Waals surface area contributed by atoms with Crippen molar-refractivity contribution < 1.29 is 4.42 Å². The topological polar surface area (TPSA) is 29.3 Å². The van der Waals surface area contributed by atoms with Gasteiger partial charge < -0.3 is 4.42 Å². The molecule has 3 nitrogen and oxygen atoms in total. The first-order chi connectivity index (χ1) is 10.3. The van der Waals surface area contributed by atoms with Gasteiger partial charge in [0.1, 0.15) is 5.76 Å². The second-order valence-corrected chi connectivity index (χ2v) is 6.86. The van der Waals surface area contributed by atoms with E-state index >= 15 is 0 Å². The third kappa shape index (κ3) is 3.43. The van der Waals surface area contributed by atoms with E-state index in [0.717, 1.165) is 41.9 Å². The Morgan fingerprint density at radius 2 is 1.95 bits per heavy atom. The van der Waals surface area contributed by atoms with Crippen molar-refractivity contribution in [3.63, 3.8) is 0 Å². The third-order valence-electron chi connectivity index (χ3n) is 3.40. The molecule has 0 spiro atoms. The molecule has 0 amide bonds. The summed E-state index contributed by atoms with van der Waals surface area (Å²) in [6.07, 6.45) is 0. The Morgan fingerprint density at radius 3 is 2.62 bits per heavy atom. The molecular weight excluding hydrogens is 300 g/mol. The smallest absolute Gasteiger partial charge is 0.236 e. The van der Waals surface area contributed by atoms with E-state index in [4.69, 9.17) is 4.42 Å². The van der Waals surface area contributed by atoms with Gasteiger partial charge in [-0.15, -0.1) is 22.7 Å². The van der Waals surface area contributed by atoms with E-state index in [-0.39, 0.29) is 0 Å². The van der Waals surface area contributed by atoms with Crippen LogP contribution in [0.25, 0.3) is 10.8 Å². The lowest BCUT2D eigenvalue weighted by Crippen LogP contribution is -2.22. The normalized spacial score (nSPS) is 11.4. The summed E-state index contributed by atoms with van der Waals surface area (Å²) in [5.41, 5.74) is 1.04. The zero-order valence-electron chi connectivity index (χ0n) is 12.2. The average molecular weight is 318 g/mol. The van der Waals surface area contributed by atoms with E-state index in [2.05, 4.69) is 34.3 Å². The van der Waals surface area contributed by atoms with E-state index in [1.165, 1.54) is 4.88 Å². The Bertz CT molecular complexity index is 671. The third-order valence-corrected chi connectivity index (χ3v) is 5.12. The summed E-state index contributed by atoms with van der Waals surface area (Å²) in [6, 6.07) is 8.35. The summed E-state index contributed by atoms with van der Waals surface area (Å²) in [5.74, 6) is 1.66. The number of thiophene rings is 2. The van der Waals surface area contributed by atoms with Crippen molar-refractivity contribution in [1.29, 1.82) is 0 Å². The molecule has 0 N–H and O–H groups in total. The molecule has 0 saturated carbocycles. The van der Waals surface area contributed by atoms with Crippen LogP contribution in [0.3, 0.4) is 0 Å². The largest absolute Gasteiger partial charge is 0.440 e. The van der Waals surface area contributed by atoms with Crippen LogP contribution in [0.2, 0.25) is 0 Å². The number of nitrogens with zero attached hydrogens (tertiary/aromatic N) is 2. The number of aromatic nitrogens is 1. The Morgan fingerprint density at radius 1 is 1.14 bits per heavy atom. The second kappa shape index (κ2) is 6.56. The van der Waals surface area contributed by atoms with Crippen LogP contribution in [0.5, 0.6) is 0 Å². The predicted molar refractivity (Wildman–Crippen MR) is 88.7 cm³/mol. The minimum atomic E-state index is 0.740. The molecule has 21 heavy (non-hydrogen) atoms. The number of oxazole rings is 1. The van der Waals surface area contributed by atoms with Crippen LogP contribution in [0, 0.1) is 6.92 Å². The Hall–Kier alpha value is -1.43. The Kier molecular flexibility index (Phi) is 4.53. The fraction of sp³-hybridized carbons (Fsp3) is 0.312. The summed E-state index contributed by atoms with van der Waals surface area (Å²) in [4.78, 5) is 9.53. The highest BCUT2D eigenvalue weighted by atomic mass is 32.1.